The van der Waals surface area contributed by atoms with E-state index in [9.17, 15) is 9.59 Å². The van der Waals surface area contributed by atoms with Crippen LogP contribution in [0.2, 0.25) is 0 Å². The predicted octanol–water partition coefficient (Wildman–Crippen LogP) is 1.24. The van der Waals surface area contributed by atoms with Gasteiger partial charge in [-0.15, -0.1) is 0 Å². The fourth-order valence-corrected chi connectivity index (χ4v) is 2.43. The van der Waals surface area contributed by atoms with E-state index in [2.05, 4.69) is 42.0 Å². The van der Waals surface area contributed by atoms with E-state index in [0.29, 0.717) is 26.5 Å². The Morgan fingerprint density at radius 3 is 2.32 bits per heavy atom. The third-order valence-corrected chi connectivity index (χ3v) is 4.19. The molecule has 2 saturated heterocycles. The average molecular weight is 687 g/mol. The summed E-state index contributed by atoms with van der Waals surface area (Å²) in [6, 6.07) is 7.60. The van der Waals surface area contributed by atoms with E-state index >= 15 is 0 Å². The molecule has 0 spiro atoms. The van der Waals surface area contributed by atoms with Crippen molar-refractivity contribution in [1.82, 2.24) is 0 Å². The van der Waals surface area contributed by atoms with Gasteiger partial charge in [-0.1, -0.05) is 19.1 Å². The molecule has 2 atom stereocenters. The number of cyclic esters (lactones) is 2. The number of methoxy groups -OCH3 is 1. The first kappa shape index (κ1) is 23.2. The summed E-state index contributed by atoms with van der Waals surface area (Å²) < 4.78 is 14.8. The number of benzene rings is 1. The van der Waals surface area contributed by atoms with Gasteiger partial charge in [-0.05, 0) is 31.0 Å². The molecule has 25 heavy (non-hydrogen) atoms. The van der Waals surface area contributed by atoms with Gasteiger partial charge in [0.25, 0.3) is 0 Å². The van der Waals surface area contributed by atoms with Gasteiger partial charge >= 0.3 is 62.4 Å². The zero-order chi connectivity index (χ0) is 18.9. The maximum absolute atomic E-state index is 11.6. The molecule has 5 nitrogen and oxygen atoms in total. The normalized spacial score (nSPS) is 24.4. The number of carbonyl (C=O) groups excluding carboxylic acids is 2. The first-order chi connectivity index (χ1) is 11.9. The number of ether oxygens (including phenoxy) is 3. The van der Waals surface area contributed by atoms with Crippen LogP contribution in [0.25, 0.3) is 0 Å². The first-order valence-corrected chi connectivity index (χ1v) is 20.3. The Morgan fingerprint density at radius 2 is 1.92 bits per heavy atom. The van der Waals surface area contributed by atoms with Gasteiger partial charge in [0, 0.05) is 6.42 Å². The number of carbonyl (C=O) groups is 2. The van der Waals surface area contributed by atoms with Gasteiger partial charge in [-0.3, -0.25) is 9.59 Å². The fourth-order valence-electron chi connectivity index (χ4n) is 2.43. The first-order valence-electron chi connectivity index (χ1n) is 7.74. The van der Waals surface area contributed by atoms with E-state index in [1.54, 1.807) is 7.11 Å². The fraction of sp³-hybridized carbons (Fsp3) is 0.529. The summed E-state index contributed by atoms with van der Waals surface area (Å²) in [7, 11) is 1.62. The third kappa shape index (κ3) is 7.00. The van der Waals surface area contributed by atoms with Crippen molar-refractivity contribution in [2.75, 3.05) is 20.3 Å². The van der Waals surface area contributed by atoms with Crippen LogP contribution in [0.1, 0.15) is 32.3 Å². The molecule has 0 aromatic heterocycles. The topological polar surface area (TPSA) is 61.8 Å². The summed E-state index contributed by atoms with van der Waals surface area (Å²) in [5.41, 5.74) is 0.457. The molecule has 0 saturated carbocycles. The van der Waals surface area contributed by atoms with E-state index < -0.39 is 5.41 Å². The Labute approximate surface area is 178 Å². The SMILES string of the molecule is CC1CCOC1=O.COc1cccc([C@]2(C)CCOC2=O)c1.I[I-]I. The van der Waals surface area contributed by atoms with E-state index in [1.165, 1.54) is 0 Å². The predicted molar refractivity (Wildman–Crippen MR) is 109 cm³/mol. The second-order valence-electron chi connectivity index (χ2n) is 5.86. The van der Waals surface area contributed by atoms with Crippen molar-refractivity contribution in [2.45, 2.75) is 32.1 Å². The van der Waals surface area contributed by atoms with Crippen LogP contribution >= 0.6 is 37.2 Å². The van der Waals surface area contributed by atoms with Crippen molar-refractivity contribution in [3.8, 4) is 5.75 Å². The van der Waals surface area contributed by atoms with Gasteiger partial charge < -0.3 is 14.2 Å². The van der Waals surface area contributed by atoms with Crippen LogP contribution in [-0.2, 0) is 24.5 Å². The van der Waals surface area contributed by atoms with Crippen LogP contribution in [-0.4, -0.2) is 32.3 Å². The van der Waals surface area contributed by atoms with Crippen LogP contribution in [0, 0.1) is 5.92 Å². The zero-order valence-corrected chi connectivity index (χ0v) is 20.9. The number of rotatable bonds is 2. The monoisotopic (exact) mass is 687 g/mol. The van der Waals surface area contributed by atoms with E-state index in [4.69, 9.17) is 9.47 Å². The molecule has 8 heteroatoms. The molecule has 1 unspecified atom stereocenters. The van der Waals surface area contributed by atoms with Crippen LogP contribution in [0.4, 0.5) is 0 Å². The van der Waals surface area contributed by atoms with E-state index in [0.717, 1.165) is 24.2 Å². The molecule has 0 aliphatic carbocycles. The number of halogens is 3. The summed E-state index contributed by atoms with van der Waals surface area (Å²) in [5.74, 6) is 0.740. The van der Waals surface area contributed by atoms with Crippen LogP contribution in [0.3, 0.4) is 0 Å². The van der Waals surface area contributed by atoms with Crippen molar-refractivity contribution >= 4 is 49.2 Å². The van der Waals surface area contributed by atoms with Gasteiger partial charge in [-0.2, -0.15) is 0 Å². The van der Waals surface area contributed by atoms with Gasteiger partial charge in [0.05, 0.1) is 31.7 Å². The van der Waals surface area contributed by atoms with Gasteiger partial charge in [-0.25, -0.2) is 0 Å². The Kier molecular flexibility index (Phi) is 10.9. The molecule has 1 aromatic rings. The Hall–Kier alpha value is 0.150. The van der Waals surface area contributed by atoms with Crippen molar-refractivity contribution < 1.29 is 37.1 Å². The van der Waals surface area contributed by atoms with Gasteiger partial charge in [0.2, 0.25) is 0 Å². The summed E-state index contributed by atoms with van der Waals surface area (Å²) in [4.78, 5) is 22.0. The molecule has 142 valence electrons. The van der Waals surface area contributed by atoms with Crippen LogP contribution in [0.5, 0.6) is 5.75 Å². The summed E-state index contributed by atoms with van der Waals surface area (Å²) >= 11 is 5.30. The molecule has 2 fully saturated rings. The molecule has 2 heterocycles. The van der Waals surface area contributed by atoms with Gasteiger partial charge in [0.15, 0.2) is 0 Å². The number of esters is 2. The molecular formula is C17H22I3O5-. The molecular weight excluding hydrogens is 665 g/mol. The Balaban J connectivity index is 0.000000260. The van der Waals surface area contributed by atoms with E-state index in [1.807, 2.05) is 38.1 Å². The third-order valence-electron chi connectivity index (χ3n) is 4.19. The second-order valence-corrected chi connectivity index (χ2v) is 22.1. The number of hydrogen-bond donors (Lipinski definition) is 0. The quantitative estimate of drug-likeness (QED) is 0.347. The van der Waals surface area contributed by atoms with Crippen molar-refractivity contribution in [2.24, 2.45) is 5.92 Å². The summed E-state index contributed by atoms with van der Waals surface area (Å²) in [6.07, 6.45) is 1.64. The minimum atomic E-state index is -0.505. The minimum absolute atomic E-state index is 0.0417. The number of hydrogen-bond acceptors (Lipinski definition) is 5. The zero-order valence-electron chi connectivity index (χ0n) is 14.4. The van der Waals surface area contributed by atoms with Crippen molar-refractivity contribution in [3.63, 3.8) is 0 Å². The molecule has 0 radical (unpaired) electrons. The van der Waals surface area contributed by atoms with E-state index in [-0.39, 0.29) is 17.9 Å². The Bertz CT molecular complexity index is 581. The van der Waals surface area contributed by atoms with Crippen molar-refractivity contribution in [1.29, 1.82) is 0 Å². The molecule has 0 N–H and O–H groups in total. The molecule has 0 bridgehead atoms. The Morgan fingerprint density at radius 1 is 1.24 bits per heavy atom. The average Bonchev–Trinajstić information content (AvgIpc) is 3.15. The molecule has 0 amide bonds. The molecule has 2 aliphatic heterocycles. The molecule has 3 rings (SSSR count). The van der Waals surface area contributed by atoms with Crippen LogP contribution < -0.4 is 18.0 Å². The van der Waals surface area contributed by atoms with Gasteiger partial charge in [0.1, 0.15) is 5.75 Å². The second kappa shape index (κ2) is 11.8. The molecule has 2 aliphatic rings. The van der Waals surface area contributed by atoms with Crippen LogP contribution in [0.15, 0.2) is 24.3 Å². The summed E-state index contributed by atoms with van der Waals surface area (Å²) in [6.45, 7) is 4.93. The molecule has 1 aromatic carbocycles. The maximum atomic E-state index is 11.6. The standard InChI is InChI=1S/C12H14O3.C5H8O2.I3/c1-12(6-7-15-11(12)13)9-4-3-5-10(8-9)14-2;1-4-2-3-7-5(4)6;1-3-2/h3-5,8H,6-7H2,1-2H3;4H,2-3H2,1H3;/q;;-1/t12-;;/m0../s1. The van der Waals surface area contributed by atoms with Crippen molar-refractivity contribution in [3.05, 3.63) is 29.8 Å². The summed E-state index contributed by atoms with van der Waals surface area (Å²) in [5, 5.41) is 0.